The number of amides is 4. The SMILES string of the molecule is CCOc1cc(/C=C2/NC(=O)N(CC(=O)Nc3ccccc3F)C2=O)cc(Br)c1OCc1ccccc1Cl. The molecule has 0 aromatic heterocycles. The van der Waals surface area contributed by atoms with Crippen LogP contribution in [-0.4, -0.2) is 35.9 Å². The minimum Gasteiger partial charge on any atom is -0.490 e. The zero-order valence-corrected chi connectivity index (χ0v) is 22.4. The average molecular weight is 603 g/mol. The molecule has 0 saturated carbocycles. The molecule has 0 aliphatic carbocycles. The lowest BCUT2D eigenvalue weighted by Gasteiger charge is -2.15. The summed E-state index contributed by atoms with van der Waals surface area (Å²) >= 11 is 9.71. The largest absolute Gasteiger partial charge is 0.490 e. The van der Waals surface area contributed by atoms with Crippen LogP contribution in [0.5, 0.6) is 11.5 Å². The molecule has 4 rings (SSSR count). The third-order valence-electron chi connectivity index (χ3n) is 5.38. The van der Waals surface area contributed by atoms with Gasteiger partial charge in [0.05, 0.1) is 16.8 Å². The number of para-hydroxylation sites is 1. The Morgan fingerprint density at radius 1 is 1.13 bits per heavy atom. The second-order valence-corrected chi connectivity index (χ2v) is 9.31. The molecule has 0 atom stereocenters. The van der Waals surface area contributed by atoms with Gasteiger partial charge in [-0.25, -0.2) is 14.1 Å². The predicted octanol–water partition coefficient (Wildman–Crippen LogP) is 5.75. The van der Waals surface area contributed by atoms with Crippen molar-refractivity contribution in [2.75, 3.05) is 18.5 Å². The smallest absolute Gasteiger partial charge is 0.329 e. The fourth-order valence-corrected chi connectivity index (χ4v) is 4.38. The van der Waals surface area contributed by atoms with Gasteiger partial charge in [0.15, 0.2) is 11.5 Å². The quantitative estimate of drug-likeness (QED) is 0.240. The zero-order chi connectivity index (χ0) is 27.2. The van der Waals surface area contributed by atoms with Gasteiger partial charge in [-0.1, -0.05) is 41.9 Å². The van der Waals surface area contributed by atoms with E-state index in [9.17, 15) is 18.8 Å². The number of urea groups is 1. The second-order valence-electron chi connectivity index (χ2n) is 8.05. The average Bonchev–Trinajstić information content (AvgIpc) is 3.13. The van der Waals surface area contributed by atoms with Gasteiger partial charge in [0, 0.05) is 10.6 Å². The third-order valence-corrected chi connectivity index (χ3v) is 6.34. The molecule has 0 unspecified atom stereocenters. The van der Waals surface area contributed by atoms with Crippen LogP contribution in [0.25, 0.3) is 6.08 Å². The highest BCUT2D eigenvalue weighted by molar-refractivity contribution is 9.10. The van der Waals surface area contributed by atoms with E-state index in [4.69, 9.17) is 21.1 Å². The number of ether oxygens (including phenoxy) is 2. The van der Waals surface area contributed by atoms with Gasteiger partial charge in [0.25, 0.3) is 5.91 Å². The van der Waals surface area contributed by atoms with Crippen LogP contribution in [-0.2, 0) is 16.2 Å². The molecule has 2 N–H and O–H groups in total. The summed E-state index contributed by atoms with van der Waals surface area (Å²) in [7, 11) is 0. The molecule has 196 valence electrons. The minimum atomic E-state index is -0.770. The maximum absolute atomic E-state index is 13.8. The molecule has 1 aliphatic heterocycles. The zero-order valence-electron chi connectivity index (χ0n) is 20.1. The Morgan fingerprint density at radius 2 is 1.87 bits per heavy atom. The van der Waals surface area contributed by atoms with Crippen molar-refractivity contribution < 1.29 is 28.2 Å². The van der Waals surface area contributed by atoms with E-state index in [1.54, 1.807) is 24.3 Å². The summed E-state index contributed by atoms with van der Waals surface area (Å²) in [5.41, 5.74) is 1.25. The van der Waals surface area contributed by atoms with Crippen molar-refractivity contribution in [3.63, 3.8) is 0 Å². The summed E-state index contributed by atoms with van der Waals surface area (Å²) in [6, 6.07) is 15.5. The van der Waals surface area contributed by atoms with Crippen LogP contribution in [0.1, 0.15) is 18.1 Å². The van der Waals surface area contributed by atoms with Crippen LogP contribution in [0.2, 0.25) is 5.02 Å². The minimum absolute atomic E-state index is 0.0345. The summed E-state index contributed by atoms with van der Waals surface area (Å²) in [4.78, 5) is 38.4. The van der Waals surface area contributed by atoms with Crippen molar-refractivity contribution in [3.8, 4) is 11.5 Å². The molecule has 11 heteroatoms. The number of imide groups is 1. The first-order chi connectivity index (χ1) is 18.3. The Bertz CT molecular complexity index is 1430. The molecule has 1 heterocycles. The van der Waals surface area contributed by atoms with Crippen LogP contribution in [0.4, 0.5) is 14.9 Å². The van der Waals surface area contributed by atoms with Crippen LogP contribution in [0.15, 0.2) is 70.8 Å². The number of halogens is 3. The number of nitrogens with zero attached hydrogens (tertiary/aromatic N) is 1. The molecule has 0 radical (unpaired) electrons. The molecular weight excluding hydrogens is 581 g/mol. The number of rotatable bonds is 9. The molecule has 0 spiro atoms. The number of hydrogen-bond donors (Lipinski definition) is 2. The highest BCUT2D eigenvalue weighted by Crippen LogP contribution is 2.38. The van der Waals surface area contributed by atoms with E-state index in [0.29, 0.717) is 33.2 Å². The number of hydrogen-bond acceptors (Lipinski definition) is 5. The van der Waals surface area contributed by atoms with Crippen molar-refractivity contribution in [1.82, 2.24) is 10.2 Å². The van der Waals surface area contributed by atoms with Gasteiger partial charge in [-0.3, -0.25) is 9.59 Å². The predicted molar refractivity (Wildman–Crippen MR) is 144 cm³/mol. The van der Waals surface area contributed by atoms with Crippen LogP contribution in [0.3, 0.4) is 0 Å². The first-order valence-electron chi connectivity index (χ1n) is 11.5. The number of anilines is 1. The van der Waals surface area contributed by atoms with Crippen molar-refractivity contribution in [1.29, 1.82) is 0 Å². The van der Waals surface area contributed by atoms with Crippen LogP contribution < -0.4 is 20.1 Å². The van der Waals surface area contributed by atoms with Gasteiger partial charge in [0.1, 0.15) is 24.7 Å². The van der Waals surface area contributed by atoms with Crippen molar-refractivity contribution in [3.05, 3.63) is 92.8 Å². The second kappa shape index (κ2) is 12.1. The fourth-order valence-electron chi connectivity index (χ4n) is 3.62. The summed E-state index contributed by atoms with van der Waals surface area (Å²) in [5, 5.41) is 5.39. The lowest BCUT2D eigenvalue weighted by molar-refractivity contribution is -0.127. The highest BCUT2D eigenvalue weighted by Gasteiger charge is 2.35. The third kappa shape index (κ3) is 6.32. The number of carbonyl (C=O) groups is 3. The Kier molecular flexibility index (Phi) is 8.65. The summed E-state index contributed by atoms with van der Waals surface area (Å²) in [5.74, 6) is -1.19. The van der Waals surface area contributed by atoms with E-state index in [1.807, 2.05) is 25.1 Å². The highest BCUT2D eigenvalue weighted by atomic mass is 79.9. The van der Waals surface area contributed by atoms with E-state index in [2.05, 4.69) is 26.6 Å². The van der Waals surface area contributed by atoms with Gasteiger partial charge >= 0.3 is 6.03 Å². The van der Waals surface area contributed by atoms with Crippen molar-refractivity contribution in [2.45, 2.75) is 13.5 Å². The Balaban J connectivity index is 1.50. The maximum atomic E-state index is 13.8. The molecular formula is C27H22BrClFN3O5. The summed E-state index contributed by atoms with van der Waals surface area (Å²) < 4.78 is 26.1. The monoisotopic (exact) mass is 601 g/mol. The van der Waals surface area contributed by atoms with Crippen molar-refractivity contribution >= 4 is 57.1 Å². The topological polar surface area (TPSA) is 97.0 Å². The fraction of sp³-hybridized carbons (Fsp3) is 0.148. The molecule has 38 heavy (non-hydrogen) atoms. The Labute approximate surface area is 231 Å². The Morgan fingerprint density at radius 3 is 2.61 bits per heavy atom. The van der Waals surface area contributed by atoms with Crippen LogP contribution in [0, 0.1) is 5.82 Å². The standard InChI is InChI=1S/C27H22BrClFN3O5/c1-2-37-23-13-16(11-18(28)25(23)38-15-17-7-3-4-8-19(17)29)12-22-26(35)33(27(36)32-22)14-24(34)31-21-10-6-5-9-20(21)30/h3-13H,2,14-15H2,1H3,(H,31,34)(H,32,36)/b22-12+. The lowest BCUT2D eigenvalue weighted by atomic mass is 10.1. The van der Waals surface area contributed by atoms with Gasteiger partial charge in [-0.15, -0.1) is 0 Å². The van der Waals surface area contributed by atoms with E-state index in [1.165, 1.54) is 24.3 Å². The lowest BCUT2D eigenvalue weighted by Crippen LogP contribution is -2.38. The van der Waals surface area contributed by atoms with Gasteiger partial charge in [-0.05, 0) is 64.8 Å². The van der Waals surface area contributed by atoms with E-state index in [-0.39, 0.29) is 18.0 Å². The summed E-state index contributed by atoms with van der Waals surface area (Å²) in [6.45, 7) is 1.80. The molecule has 4 amide bonds. The first-order valence-corrected chi connectivity index (χ1v) is 12.7. The normalized spacial score (nSPS) is 14.0. The summed E-state index contributed by atoms with van der Waals surface area (Å²) in [6.07, 6.45) is 1.46. The number of nitrogens with one attached hydrogen (secondary N) is 2. The molecule has 3 aromatic carbocycles. The molecule has 1 saturated heterocycles. The maximum Gasteiger partial charge on any atom is 0.329 e. The van der Waals surface area contributed by atoms with Gasteiger partial charge in [0.2, 0.25) is 5.91 Å². The van der Waals surface area contributed by atoms with E-state index >= 15 is 0 Å². The van der Waals surface area contributed by atoms with Crippen LogP contribution >= 0.6 is 27.5 Å². The molecule has 8 nitrogen and oxygen atoms in total. The van der Waals surface area contributed by atoms with Crippen molar-refractivity contribution in [2.24, 2.45) is 0 Å². The Hall–Kier alpha value is -3.89. The number of benzene rings is 3. The number of carbonyl (C=O) groups excluding carboxylic acids is 3. The molecule has 0 bridgehead atoms. The van der Waals surface area contributed by atoms with Gasteiger partial charge in [-0.2, -0.15) is 0 Å². The first kappa shape index (κ1) is 27.2. The van der Waals surface area contributed by atoms with E-state index in [0.717, 1.165) is 10.5 Å². The van der Waals surface area contributed by atoms with E-state index < -0.39 is 30.2 Å². The van der Waals surface area contributed by atoms with Gasteiger partial charge < -0.3 is 20.1 Å². The molecule has 3 aromatic rings. The molecule has 1 fully saturated rings. The molecule has 1 aliphatic rings.